The molecule has 2 rings (SSSR count). The molecule has 0 aliphatic carbocycles. The molecule has 2 aromatic rings. The lowest BCUT2D eigenvalue weighted by Gasteiger charge is -2.04. The van der Waals surface area contributed by atoms with Crippen LogP contribution in [0.3, 0.4) is 0 Å². The second-order valence-electron chi connectivity index (χ2n) is 2.92. The Morgan fingerprint density at radius 1 is 1.29 bits per heavy atom. The summed E-state index contributed by atoms with van der Waals surface area (Å²) in [4.78, 5) is 9.23. The van der Waals surface area contributed by atoms with Crippen LogP contribution in [0.4, 0.5) is 5.82 Å². The Labute approximate surface area is 81.9 Å². The van der Waals surface area contributed by atoms with Gasteiger partial charge in [-0.1, -0.05) is 30.3 Å². The number of anilines is 1. The van der Waals surface area contributed by atoms with Crippen molar-refractivity contribution < 1.29 is 4.84 Å². The highest BCUT2D eigenvalue weighted by Gasteiger charge is 1.95. The van der Waals surface area contributed by atoms with E-state index in [-0.39, 0.29) is 0 Å². The lowest BCUT2D eigenvalue weighted by molar-refractivity contribution is 0.0970. The first-order chi connectivity index (χ1) is 6.84. The Bertz CT molecular complexity index is 397. The third-order valence-electron chi connectivity index (χ3n) is 1.80. The quantitative estimate of drug-likeness (QED) is 0.786. The van der Waals surface area contributed by atoms with E-state index in [1.807, 2.05) is 30.3 Å². The van der Waals surface area contributed by atoms with Crippen molar-refractivity contribution in [2.45, 2.75) is 6.61 Å². The maximum atomic E-state index is 5.44. The first-order valence-corrected chi connectivity index (χ1v) is 4.31. The summed E-state index contributed by atoms with van der Waals surface area (Å²) in [6.45, 7) is 0.511. The standard InChI is InChI=1S/C10H11N3O/c11-10-6-13(8-12-10)14-7-9-4-2-1-3-5-9/h1-6,8H,7,11H2. The van der Waals surface area contributed by atoms with Crippen LogP contribution < -0.4 is 10.6 Å². The van der Waals surface area contributed by atoms with Crippen LogP contribution in [0, 0.1) is 0 Å². The first kappa shape index (κ1) is 8.62. The van der Waals surface area contributed by atoms with E-state index in [2.05, 4.69) is 4.98 Å². The topological polar surface area (TPSA) is 53.1 Å². The number of aromatic nitrogens is 2. The van der Waals surface area contributed by atoms with Crippen molar-refractivity contribution in [1.82, 2.24) is 9.71 Å². The van der Waals surface area contributed by atoms with Gasteiger partial charge in [-0.3, -0.25) is 0 Å². The molecule has 0 amide bonds. The van der Waals surface area contributed by atoms with Crippen molar-refractivity contribution >= 4 is 5.82 Å². The molecule has 4 nitrogen and oxygen atoms in total. The van der Waals surface area contributed by atoms with Gasteiger partial charge in [-0.25, -0.2) is 4.98 Å². The molecule has 0 saturated carbocycles. The van der Waals surface area contributed by atoms with Crippen LogP contribution in [0.5, 0.6) is 0 Å². The van der Waals surface area contributed by atoms with Crippen molar-refractivity contribution in [1.29, 1.82) is 0 Å². The van der Waals surface area contributed by atoms with Crippen LogP contribution in [0.1, 0.15) is 5.56 Å². The van der Waals surface area contributed by atoms with Gasteiger partial charge in [0.25, 0.3) is 0 Å². The number of hydrogen-bond acceptors (Lipinski definition) is 3. The molecular weight excluding hydrogens is 178 g/mol. The molecule has 0 aliphatic rings. The van der Waals surface area contributed by atoms with E-state index in [9.17, 15) is 0 Å². The molecule has 0 radical (unpaired) electrons. The number of nitrogens with two attached hydrogens (primary N) is 1. The molecule has 0 saturated heterocycles. The summed E-state index contributed by atoms with van der Waals surface area (Å²) in [5.41, 5.74) is 6.55. The van der Waals surface area contributed by atoms with Gasteiger partial charge >= 0.3 is 0 Å². The van der Waals surface area contributed by atoms with Crippen LogP contribution in [-0.2, 0) is 6.61 Å². The summed E-state index contributed by atoms with van der Waals surface area (Å²) >= 11 is 0. The number of nitrogens with zero attached hydrogens (tertiary/aromatic N) is 2. The van der Waals surface area contributed by atoms with Crippen molar-refractivity contribution in [3.8, 4) is 0 Å². The van der Waals surface area contributed by atoms with Gasteiger partial charge in [0.05, 0.1) is 6.20 Å². The number of nitrogen functional groups attached to an aromatic ring is 1. The van der Waals surface area contributed by atoms with Crippen molar-refractivity contribution in [3.63, 3.8) is 0 Å². The summed E-state index contributed by atoms with van der Waals surface area (Å²) in [7, 11) is 0. The highest BCUT2D eigenvalue weighted by Crippen LogP contribution is 2.00. The Morgan fingerprint density at radius 3 is 2.71 bits per heavy atom. The van der Waals surface area contributed by atoms with Crippen molar-refractivity contribution in [2.75, 3.05) is 5.73 Å². The lowest BCUT2D eigenvalue weighted by atomic mass is 10.2. The van der Waals surface area contributed by atoms with E-state index in [0.717, 1.165) is 5.56 Å². The third kappa shape index (κ3) is 2.04. The van der Waals surface area contributed by atoms with Gasteiger partial charge in [-0.2, -0.15) is 4.73 Å². The first-order valence-electron chi connectivity index (χ1n) is 4.31. The molecule has 2 N–H and O–H groups in total. The fourth-order valence-corrected chi connectivity index (χ4v) is 1.11. The average Bonchev–Trinajstić information content (AvgIpc) is 2.63. The Balaban J connectivity index is 1.95. The van der Waals surface area contributed by atoms with E-state index in [1.165, 1.54) is 11.1 Å². The monoisotopic (exact) mass is 189 g/mol. The molecule has 1 aromatic heterocycles. The molecule has 14 heavy (non-hydrogen) atoms. The fraction of sp³-hybridized carbons (Fsp3) is 0.100. The lowest BCUT2D eigenvalue weighted by Crippen LogP contribution is -2.08. The Morgan fingerprint density at radius 2 is 2.07 bits per heavy atom. The molecule has 1 heterocycles. The molecule has 0 spiro atoms. The van der Waals surface area contributed by atoms with Gasteiger partial charge in [-0.15, -0.1) is 0 Å². The molecule has 0 atom stereocenters. The molecule has 0 bridgehead atoms. The van der Waals surface area contributed by atoms with Crippen LogP contribution in [0.25, 0.3) is 0 Å². The summed E-state index contributed by atoms with van der Waals surface area (Å²) in [6.07, 6.45) is 3.17. The molecule has 0 unspecified atom stereocenters. The van der Waals surface area contributed by atoms with E-state index in [1.54, 1.807) is 6.20 Å². The summed E-state index contributed by atoms with van der Waals surface area (Å²) in [5, 5.41) is 0. The number of imidazole rings is 1. The van der Waals surface area contributed by atoms with Crippen LogP contribution in [0.2, 0.25) is 0 Å². The van der Waals surface area contributed by atoms with Crippen LogP contribution >= 0.6 is 0 Å². The second-order valence-corrected chi connectivity index (χ2v) is 2.92. The number of hydrogen-bond donors (Lipinski definition) is 1. The zero-order valence-corrected chi connectivity index (χ0v) is 7.63. The predicted molar refractivity (Wildman–Crippen MR) is 53.4 cm³/mol. The zero-order valence-electron chi connectivity index (χ0n) is 7.63. The molecule has 0 fully saturated rings. The zero-order chi connectivity index (χ0) is 9.80. The summed E-state index contributed by atoms with van der Waals surface area (Å²) in [5.74, 6) is 0.457. The number of benzene rings is 1. The minimum Gasteiger partial charge on any atom is -0.408 e. The highest BCUT2D eigenvalue weighted by atomic mass is 16.7. The van der Waals surface area contributed by atoms with E-state index in [4.69, 9.17) is 10.6 Å². The van der Waals surface area contributed by atoms with Gasteiger partial charge in [0, 0.05) is 0 Å². The molecular formula is C10H11N3O. The van der Waals surface area contributed by atoms with E-state index >= 15 is 0 Å². The molecule has 1 aromatic carbocycles. The van der Waals surface area contributed by atoms with Gasteiger partial charge in [0.15, 0.2) is 0 Å². The van der Waals surface area contributed by atoms with Gasteiger partial charge in [-0.05, 0) is 5.56 Å². The van der Waals surface area contributed by atoms with Gasteiger partial charge < -0.3 is 10.6 Å². The minimum absolute atomic E-state index is 0.457. The molecule has 72 valence electrons. The average molecular weight is 189 g/mol. The van der Waals surface area contributed by atoms with E-state index in [0.29, 0.717) is 12.4 Å². The summed E-state index contributed by atoms with van der Waals surface area (Å²) < 4.78 is 1.50. The van der Waals surface area contributed by atoms with Gasteiger partial charge in [0.1, 0.15) is 18.8 Å². The van der Waals surface area contributed by atoms with Crippen LogP contribution in [0.15, 0.2) is 42.9 Å². The second kappa shape index (κ2) is 3.83. The highest BCUT2D eigenvalue weighted by molar-refractivity contribution is 5.21. The van der Waals surface area contributed by atoms with Gasteiger partial charge in [0.2, 0.25) is 0 Å². The smallest absolute Gasteiger partial charge is 0.145 e. The Kier molecular flexibility index (Phi) is 2.36. The molecule has 0 aliphatic heterocycles. The minimum atomic E-state index is 0.457. The van der Waals surface area contributed by atoms with E-state index < -0.39 is 0 Å². The third-order valence-corrected chi connectivity index (χ3v) is 1.80. The maximum absolute atomic E-state index is 5.44. The maximum Gasteiger partial charge on any atom is 0.145 e. The van der Waals surface area contributed by atoms with Crippen molar-refractivity contribution in [3.05, 3.63) is 48.4 Å². The largest absolute Gasteiger partial charge is 0.408 e. The predicted octanol–water partition coefficient (Wildman–Crippen LogP) is 1.09. The van der Waals surface area contributed by atoms with Crippen LogP contribution in [-0.4, -0.2) is 9.71 Å². The SMILES string of the molecule is Nc1cn(OCc2ccccc2)cn1. The Hall–Kier alpha value is -1.97. The normalized spacial score (nSPS) is 10.0. The number of rotatable bonds is 3. The fourth-order valence-electron chi connectivity index (χ4n) is 1.11. The molecule has 4 heteroatoms. The summed E-state index contributed by atoms with van der Waals surface area (Å²) in [6, 6.07) is 9.92. The van der Waals surface area contributed by atoms with Crippen molar-refractivity contribution in [2.24, 2.45) is 0 Å².